The molecule has 3 rings (SSSR count). The molecule has 1 aliphatic rings. The van der Waals surface area contributed by atoms with Crippen molar-refractivity contribution in [2.75, 3.05) is 31.2 Å². The maximum Gasteiger partial charge on any atom is 0.274 e. The van der Waals surface area contributed by atoms with Crippen molar-refractivity contribution in [3.05, 3.63) is 54.2 Å². The van der Waals surface area contributed by atoms with E-state index in [1.165, 1.54) is 0 Å². The minimum atomic E-state index is -0.708. The van der Waals surface area contributed by atoms with E-state index in [0.29, 0.717) is 50.7 Å². The molecule has 1 N–H and O–H groups in total. The Balaban J connectivity index is 1.59. The Morgan fingerprint density at radius 2 is 2.03 bits per heavy atom. The van der Waals surface area contributed by atoms with Crippen LogP contribution < -0.4 is 15.0 Å². The van der Waals surface area contributed by atoms with Gasteiger partial charge < -0.3 is 14.8 Å². The third-order valence-electron chi connectivity index (χ3n) is 4.62. The topological polar surface area (TPSA) is 80.8 Å². The zero-order chi connectivity index (χ0) is 20.5. The first kappa shape index (κ1) is 20.8. The highest BCUT2D eigenvalue weighted by atomic mass is 16.5. The molecule has 7 heteroatoms. The van der Waals surface area contributed by atoms with Crippen LogP contribution in [0.3, 0.4) is 0 Å². The molecule has 0 saturated carbocycles. The van der Waals surface area contributed by atoms with Crippen LogP contribution in [-0.2, 0) is 14.3 Å². The van der Waals surface area contributed by atoms with Gasteiger partial charge in [0.1, 0.15) is 0 Å². The highest BCUT2D eigenvalue weighted by Crippen LogP contribution is 2.37. The molecule has 1 atom stereocenters. The number of anilines is 1. The second-order valence-corrected chi connectivity index (χ2v) is 6.73. The summed E-state index contributed by atoms with van der Waals surface area (Å²) in [6.07, 6.45) is 2.60. The number of ether oxygens (including phenoxy) is 2. The van der Waals surface area contributed by atoms with E-state index in [4.69, 9.17) is 9.47 Å². The molecule has 1 aromatic carbocycles. The highest BCUT2D eigenvalue weighted by Gasteiger charge is 2.36. The van der Waals surface area contributed by atoms with Crippen molar-refractivity contribution in [1.29, 1.82) is 0 Å². The summed E-state index contributed by atoms with van der Waals surface area (Å²) in [6.45, 7) is 4.27. The Hall–Kier alpha value is -2.93. The Bertz CT molecular complexity index is 813. The lowest BCUT2D eigenvalue weighted by Gasteiger charge is -2.33. The first-order valence-electron chi connectivity index (χ1n) is 10.0. The maximum absolute atomic E-state index is 13.1. The Labute approximate surface area is 171 Å². The van der Waals surface area contributed by atoms with Crippen LogP contribution in [0.5, 0.6) is 5.75 Å². The van der Waals surface area contributed by atoms with Gasteiger partial charge in [-0.1, -0.05) is 30.3 Å². The number of rotatable bonds is 10. The molecule has 2 aromatic rings. The summed E-state index contributed by atoms with van der Waals surface area (Å²) in [4.78, 5) is 31.1. The molecule has 0 unspecified atom stereocenters. The van der Waals surface area contributed by atoms with E-state index in [1.807, 2.05) is 43.3 Å². The Morgan fingerprint density at radius 3 is 2.83 bits per heavy atom. The molecule has 0 bridgehead atoms. The van der Waals surface area contributed by atoms with Gasteiger partial charge in [-0.3, -0.25) is 14.5 Å². The number of hydrogen-bond acceptors (Lipinski definition) is 5. The van der Waals surface area contributed by atoms with Crippen molar-refractivity contribution < 1.29 is 19.1 Å². The molecule has 0 saturated heterocycles. The normalized spacial score (nSPS) is 15.6. The minimum absolute atomic E-state index is 0.0249. The number of aromatic nitrogens is 1. The number of carbonyl (C=O) groups is 2. The predicted octanol–water partition coefficient (Wildman–Crippen LogP) is 2.87. The Kier molecular flexibility index (Phi) is 7.58. The van der Waals surface area contributed by atoms with Crippen LogP contribution in [0.2, 0.25) is 0 Å². The molecule has 7 nitrogen and oxygen atoms in total. The zero-order valence-corrected chi connectivity index (χ0v) is 16.7. The number of benzene rings is 1. The third kappa shape index (κ3) is 5.54. The zero-order valence-electron chi connectivity index (χ0n) is 16.7. The van der Waals surface area contributed by atoms with E-state index in [9.17, 15) is 9.59 Å². The van der Waals surface area contributed by atoms with Crippen LogP contribution >= 0.6 is 0 Å². The lowest BCUT2D eigenvalue weighted by atomic mass is 10.1. The van der Waals surface area contributed by atoms with Gasteiger partial charge in [0.15, 0.2) is 11.6 Å². The summed E-state index contributed by atoms with van der Waals surface area (Å²) in [5, 5.41) is 2.88. The minimum Gasteiger partial charge on any atom is -0.472 e. The summed E-state index contributed by atoms with van der Waals surface area (Å²) >= 11 is 0. The molecule has 154 valence electrons. The van der Waals surface area contributed by atoms with Crippen LogP contribution in [0.4, 0.5) is 5.82 Å². The molecule has 0 aliphatic carbocycles. The van der Waals surface area contributed by atoms with Gasteiger partial charge in [0, 0.05) is 44.5 Å². The van der Waals surface area contributed by atoms with E-state index >= 15 is 0 Å². The van der Waals surface area contributed by atoms with E-state index < -0.39 is 6.10 Å². The van der Waals surface area contributed by atoms with Gasteiger partial charge in [0.25, 0.3) is 5.91 Å². The largest absolute Gasteiger partial charge is 0.472 e. The van der Waals surface area contributed by atoms with Crippen molar-refractivity contribution >= 4 is 17.6 Å². The van der Waals surface area contributed by atoms with E-state index in [1.54, 1.807) is 17.2 Å². The predicted molar refractivity (Wildman–Crippen MR) is 110 cm³/mol. The number of nitrogens with zero attached hydrogens (tertiary/aromatic N) is 2. The van der Waals surface area contributed by atoms with Crippen LogP contribution in [-0.4, -0.2) is 43.1 Å². The average Bonchev–Trinajstić information content (AvgIpc) is 2.75. The fourth-order valence-electron chi connectivity index (χ4n) is 3.19. The van der Waals surface area contributed by atoms with Gasteiger partial charge in [0.05, 0.1) is 0 Å². The summed E-state index contributed by atoms with van der Waals surface area (Å²) in [5.74, 6) is 0.880. The van der Waals surface area contributed by atoms with Crippen LogP contribution in [0, 0.1) is 0 Å². The van der Waals surface area contributed by atoms with Crippen molar-refractivity contribution in [2.24, 2.45) is 0 Å². The number of hydrogen-bond donors (Lipinski definition) is 1. The SMILES string of the molecule is CCOCCCNC(=O)CCCN1C(=O)[C@H](c2ccccc2)Oc2cccnc21. The average molecular weight is 397 g/mol. The second kappa shape index (κ2) is 10.6. The standard InChI is InChI=1S/C22H27N3O4/c1-2-28-16-8-14-23-19(26)12-7-15-25-21-18(11-6-13-24-21)29-20(22(25)27)17-9-4-3-5-10-17/h3-6,9-11,13,20H,2,7-8,12,14-16H2,1H3,(H,23,26)/t20-/m0/s1. The quantitative estimate of drug-likeness (QED) is 0.624. The molecule has 1 aliphatic heterocycles. The summed E-state index contributed by atoms with van der Waals surface area (Å²) in [6, 6.07) is 13.0. The molecular weight excluding hydrogens is 370 g/mol. The molecule has 29 heavy (non-hydrogen) atoms. The first-order valence-corrected chi connectivity index (χ1v) is 10.0. The highest BCUT2D eigenvalue weighted by molar-refractivity contribution is 5.99. The van der Waals surface area contributed by atoms with E-state index in [2.05, 4.69) is 10.3 Å². The third-order valence-corrected chi connectivity index (χ3v) is 4.62. The van der Waals surface area contributed by atoms with Gasteiger partial charge in [0.2, 0.25) is 12.0 Å². The molecule has 0 spiro atoms. The van der Waals surface area contributed by atoms with E-state index in [0.717, 1.165) is 12.0 Å². The van der Waals surface area contributed by atoms with Crippen LogP contribution in [0.25, 0.3) is 0 Å². The number of fused-ring (bicyclic) bond motifs is 1. The van der Waals surface area contributed by atoms with Crippen molar-refractivity contribution in [1.82, 2.24) is 10.3 Å². The van der Waals surface area contributed by atoms with Gasteiger partial charge in [-0.2, -0.15) is 0 Å². The van der Waals surface area contributed by atoms with E-state index in [-0.39, 0.29) is 11.8 Å². The lowest BCUT2D eigenvalue weighted by Crippen LogP contribution is -2.42. The number of carbonyl (C=O) groups excluding carboxylic acids is 2. The molecule has 1 aromatic heterocycles. The molecule has 2 amide bonds. The summed E-state index contributed by atoms with van der Waals surface area (Å²) < 4.78 is 11.2. The monoisotopic (exact) mass is 397 g/mol. The fourth-order valence-corrected chi connectivity index (χ4v) is 3.19. The number of pyridine rings is 1. The summed E-state index contributed by atoms with van der Waals surface area (Å²) in [5.41, 5.74) is 0.795. The number of nitrogens with one attached hydrogen (secondary N) is 1. The van der Waals surface area contributed by atoms with Gasteiger partial charge in [-0.05, 0) is 31.9 Å². The van der Waals surface area contributed by atoms with Crippen molar-refractivity contribution in [3.8, 4) is 5.75 Å². The first-order chi connectivity index (χ1) is 14.2. The lowest BCUT2D eigenvalue weighted by molar-refractivity contribution is -0.127. The van der Waals surface area contributed by atoms with Crippen molar-refractivity contribution in [3.63, 3.8) is 0 Å². The Morgan fingerprint density at radius 1 is 1.21 bits per heavy atom. The fraction of sp³-hybridized carbons (Fsp3) is 0.409. The smallest absolute Gasteiger partial charge is 0.274 e. The summed E-state index contributed by atoms with van der Waals surface area (Å²) in [7, 11) is 0. The molecule has 0 radical (unpaired) electrons. The van der Waals surface area contributed by atoms with Gasteiger partial charge in [-0.25, -0.2) is 4.98 Å². The van der Waals surface area contributed by atoms with Crippen LogP contribution in [0.15, 0.2) is 48.7 Å². The molecule has 2 heterocycles. The van der Waals surface area contributed by atoms with Gasteiger partial charge in [-0.15, -0.1) is 0 Å². The number of amides is 2. The molecular formula is C22H27N3O4. The maximum atomic E-state index is 13.1. The van der Waals surface area contributed by atoms with Crippen LogP contribution in [0.1, 0.15) is 37.9 Å². The van der Waals surface area contributed by atoms with Crippen molar-refractivity contribution in [2.45, 2.75) is 32.3 Å². The second-order valence-electron chi connectivity index (χ2n) is 6.73. The molecule has 0 fully saturated rings. The van der Waals surface area contributed by atoms with Gasteiger partial charge >= 0.3 is 0 Å².